The summed E-state index contributed by atoms with van der Waals surface area (Å²) in [6.45, 7) is -0.862. The predicted octanol–water partition coefficient (Wildman–Crippen LogP) is -0.702. The third-order valence-corrected chi connectivity index (χ3v) is 4.48. The third kappa shape index (κ3) is 2.02. The van der Waals surface area contributed by atoms with Gasteiger partial charge in [-0.3, -0.25) is 0 Å². The van der Waals surface area contributed by atoms with E-state index in [1.807, 2.05) is 0 Å². The molecule has 0 aliphatic rings. The van der Waals surface area contributed by atoms with Gasteiger partial charge in [0.25, 0.3) is 0 Å². The number of halogens is 1. The molecule has 1 unspecified atom stereocenters. The minimum atomic E-state index is -4.60. The van der Waals surface area contributed by atoms with E-state index in [0.29, 0.717) is 0 Å². The Kier molecular flexibility index (Phi) is 3.51. The van der Waals surface area contributed by atoms with Crippen molar-refractivity contribution in [3.05, 3.63) is 30.1 Å². The second kappa shape index (κ2) is 4.40. The van der Waals surface area contributed by atoms with E-state index in [-0.39, 0.29) is 0 Å². The molecule has 1 atom stereocenters. The summed E-state index contributed by atoms with van der Waals surface area (Å²) in [7, 11) is -4.60. The highest BCUT2D eigenvalue weighted by Gasteiger charge is 2.48. The lowest BCUT2D eigenvalue weighted by molar-refractivity contribution is -0.139. The molecule has 8 heteroatoms. The van der Waals surface area contributed by atoms with Gasteiger partial charge in [-0.1, -0.05) is 12.1 Å². The zero-order chi connectivity index (χ0) is 13.3. The van der Waals surface area contributed by atoms with Gasteiger partial charge < -0.3 is 16.6 Å². The molecule has 1 rings (SSSR count). The minimum Gasteiger partial charge on any atom is -0.479 e. The average molecular weight is 262 g/mol. The van der Waals surface area contributed by atoms with Gasteiger partial charge in [0.1, 0.15) is 10.7 Å². The molecule has 17 heavy (non-hydrogen) atoms. The van der Waals surface area contributed by atoms with Crippen molar-refractivity contribution in [1.29, 1.82) is 0 Å². The summed E-state index contributed by atoms with van der Waals surface area (Å²) in [4.78, 5) is 7.35. The van der Waals surface area contributed by atoms with Gasteiger partial charge in [-0.15, -0.1) is 0 Å². The first kappa shape index (κ1) is 13.6. The van der Waals surface area contributed by atoms with Crippen molar-refractivity contribution >= 4 is 15.8 Å². The van der Waals surface area contributed by atoms with Crippen LogP contribution in [0.2, 0.25) is 0 Å². The van der Waals surface area contributed by atoms with E-state index in [2.05, 4.69) is 0 Å². The average Bonchev–Trinajstić information content (AvgIpc) is 2.27. The molecule has 5 N–H and O–H groups in total. The zero-order valence-corrected chi connectivity index (χ0v) is 9.45. The molecule has 1 aromatic rings. The van der Waals surface area contributed by atoms with Crippen LogP contribution in [0.25, 0.3) is 0 Å². The van der Waals surface area contributed by atoms with E-state index in [1.54, 1.807) is 0 Å². The molecular weight excluding hydrogens is 251 g/mol. The highest BCUT2D eigenvalue weighted by Crippen LogP contribution is 2.23. The topological polar surface area (TPSA) is 123 Å². The lowest BCUT2D eigenvalue weighted by Gasteiger charge is -2.22. The van der Waals surface area contributed by atoms with Crippen LogP contribution in [0, 0.1) is 5.82 Å². The highest BCUT2D eigenvalue weighted by molar-refractivity contribution is 7.93. The standard InChI is InChI=1S/C9H11FN2O4S/c10-6-3-1-2-4-7(6)17(15,16)9(12,5-11)8(13)14/h1-4H,5,11-12H2,(H,13,14). The molecule has 0 spiro atoms. The first-order valence-electron chi connectivity index (χ1n) is 4.49. The molecule has 0 fully saturated rings. The molecular formula is C9H11FN2O4S. The number of sulfone groups is 1. The number of hydrogen-bond donors (Lipinski definition) is 3. The number of carboxylic acid groups (broad SMARTS) is 1. The summed E-state index contributed by atoms with van der Waals surface area (Å²) < 4.78 is 37.2. The van der Waals surface area contributed by atoms with Crippen LogP contribution in [-0.2, 0) is 14.6 Å². The Balaban J connectivity index is 3.49. The molecule has 0 aliphatic heterocycles. The Morgan fingerprint density at radius 3 is 2.35 bits per heavy atom. The maximum Gasteiger partial charge on any atom is 0.341 e. The van der Waals surface area contributed by atoms with E-state index in [4.69, 9.17) is 16.6 Å². The van der Waals surface area contributed by atoms with Crippen LogP contribution >= 0.6 is 0 Å². The fourth-order valence-corrected chi connectivity index (χ4v) is 2.60. The van der Waals surface area contributed by atoms with Crippen LogP contribution in [-0.4, -0.2) is 30.9 Å². The van der Waals surface area contributed by atoms with Gasteiger partial charge in [0.15, 0.2) is 0 Å². The monoisotopic (exact) mass is 262 g/mol. The van der Waals surface area contributed by atoms with Crippen LogP contribution in [0.4, 0.5) is 4.39 Å². The Morgan fingerprint density at radius 1 is 1.41 bits per heavy atom. The number of carboxylic acids is 1. The predicted molar refractivity (Wildman–Crippen MR) is 57.2 cm³/mol. The second-order valence-corrected chi connectivity index (χ2v) is 5.51. The SMILES string of the molecule is NCC(N)(C(=O)O)S(=O)(=O)c1ccccc1F. The van der Waals surface area contributed by atoms with Crippen molar-refractivity contribution in [2.45, 2.75) is 9.77 Å². The second-order valence-electron chi connectivity index (χ2n) is 3.33. The summed E-state index contributed by atoms with van der Waals surface area (Å²) >= 11 is 0. The number of nitrogens with two attached hydrogens (primary N) is 2. The van der Waals surface area contributed by atoms with Gasteiger partial charge in [-0.25, -0.2) is 17.6 Å². The number of hydrogen-bond acceptors (Lipinski definition) is 5. The van der Waals surface area contributed by atoms with Gasteiger partial charge in [0, 0.05) is 6.54 Å². The summed E-state index contributed by atoms with van der Waals surface area (Å²) in [6.07, 6.45) is 0. The normalized spacial score (nSPS) is 15.2. The van der Waals surface area contributed by atoms with E-state index in [9.17, 15) is 17.6 Å². The van der Waals surface area contributed by atoms with Crippen molar-refractivity contribution < 1.29 is 22.7 Å². The summed E-state index contributed by atoms with van der Waals surface area (Å²) in [5, 5.41) is 8.81. The molecule has 0 amide bonds. The summed E-state index contributed by atoms with van der Waals surface area (Å²) in [6, 6.07) is 4.36. The lowest BCUT2D eigenvalue weighted by Crippen LogP contribution is -2.59. The molecule has 0 radical (unpaired) electrons. The molecule has 0 bridgehead atoms. The van der Waals surface area contributed by atoms with Crippen LogP contribution in [0.1, 0.15) is 0 Å². The van der Waals surface area contributed by atoms with Crippen LogP contribution in [0.5, 0.6) is 0 Å². The fraction of sp³-hybridized carbons (Fsp3) is 0.222. The molecule has 0 aromatic heterocycles. The Labute approximate surface area is 97.0 Å². The van der Waals surface area contributed by atoms with Crippen molar-refractivity contribution in [2.75, 3.05) is 6.54 Å². The zero-order valence-electron chi connectivity index (χ0n) is 8.63. The molecule has 94 valence electrons. The van der Waals surface area contributed by atoms with Crippen molar-refractivity contribution in [1.82, 2.24) is 0 Å². The maximum atomic E-state index is 13.3. The van der Waals surface area contributed by atoms with Gasteiger partial charge in [0.05, 0.1) is 0 Å². The van der Waals surface area contributed by atoms with Crippen LogP contribution in [0.15, 0.2) is 29.2 Å². The first-order valence-corrected chi connectivity index (χ1v) is 5.97. The van der Waals surface area contributed by atoms with Gasteiger partial charge >= 0.3 is 5.97 Å². The quantitative estimate of drug-likeness (QED) is 0.659. The number of carbonyl (C=O) groups is 1. The molecule has 0 saturated carbocycles. The fourth-order valence-electron chi connectivity index (χ4n) is 1.17. The minimum absolute atomic E-state index is 0.782. The number of rotatable bonds is 4. The van der Waals surface area contributed by atoms with E-state index < -0.39 is 37.9 Å². The van der Waals surface area contributed by atoms with E-state index in [1.165, 1.54) is 12.1 Å². The largest absolute Gasteiger partial charge is 0.479 e. The van der Waals surface area contributed by atoms with Crippen molar-refractivity contribution in [3.8, 4) is 0 Å². The third-order valence-electron chi connectivity index (χ3n) is 2.27. The van der Waals surface area contributed by atoms with Crippen LogP contribution in [0.3, 0.4) is 0 Å². The smallest absolute Gasteiger partial charge is 0.341 e. The van der Waals surface area contributed by atoms with Gasteiger partial charge in [0.2, 0.25) is 14.7 Å². The summed E-state index contributed by atoms with van der Waals surface area (Å²) in [5.74, 6) is -2.90. The van der Waals surface area contributed by atoms with Crippen LogP contribution < -0.4 is 11.5 Å². The number of aliphatic carboxylic acids is 1. The molecule has 0 aliphatic carbocycles. The highest BCUT2D eigenvalue weighted by atomic mass is 32.2. The lowest BCUT2D eigenvalue weighted by atomic mass is 10.3. The van der Waals surface area contributed by atoms with Crippen molar-refractivity contribution in [2.24, 2.45) is 11.5 Å². The van der Waals surface area contributed by atoms with E-state index in [0.717, 1.165) is 12.1 Å². The molecule has 0 saturated heterocycles. The first-order chi connectivity index (χ1) is 7.77. The maximum absolute atomic E-state index is 13.3. The van der Waals surface area contributed by atoms with E-state index >= 15 is 0 Å². The molecule has 0 heterocycles. The molecule has 1 aromatic carbocycles. The Hall–Kier alpha value is -1.51. The number of benzene rings is 1. The summed E-state index contributed by atoms with van der Waals surface area (Å²) in [5.41, 5.74) is 10.3. The Morgan fingerprint density at radius 2 is 1.94 bits per heavy atom. The van der Waals surface area contributed by atoms with Crippen molar-refractivity contribution in [3.63, 3.8) is 0 Å². The molecule has 6 nitrogen and oxygen atoms in total. The van der Waals surface area contributed by atoms with Gasteiger partial charge in [-0.2, -0.15) is 0 Å². The van der Waals surface area contributed by atoms with Gasteiger partial charge in [-0.05, 0) is 12.1 Å². The Bertz CT molecular complexity index is 546.